The number of anilines is 2. The average Bonchev–Trinajstić information content (AvgIpc) is 3.10. The minimum Gasteiger partial charge on any atom is -0.355 e. The molecule has 9 heteroatoms. The van der Waals surface area contributed by atoms with Gasteiger partial charge in [0.05, 0.1) is 11.1 Å². The molecule has 172 valence electrons. The van der Waals surface area contributed by atoms with E-state index in [1.54, 1.807) is 29.2 Å². The maximum atomic E-state index is 12.8. The topological polar surface area (TPSA) is 90.0 Å². The molecule has 2 aromatic rings. The molecule has 1 aromatic carbocycles. The second kappa shape index (κ2) is 8.80. The molecule has 9 nitrogen and oxygen atoms in total. The lowest BCUT2D eigenvalue weighted by Gasteiger charge is -2.36. The van der Waals surface area contributed by atoms with Crippen molar-refractivity contribution in [1.29, 1.82) is 0 Å². The van der Waals surface area contributed by atoms with Crippen molar-refractivity contribution in [2.24, 2.45) is 5.92 Å². The van der Waals surface area contributed by atoms with Crippen molar-refractivity contribution < 1.29 is 14.4 Å². The highest BCUT2D eigenvalue weighted by molar-refractivity contribution is 6.22. The van der Waals surface area contributed by atoms with Crippen molar-refractivity contribution >= 4 is 29.4 Å². The number of hydrogen-bond donors (Lipinski definition) is 0. The predicted octanol–water partition coefficient (Wildman–Crippen LogP) is 1.66. The van der Waals surface area contributed by atoms with Crippen LogP contribution in [-0.4, -0.2) is 83.5 Å². The van der Waals surface area contributed by atoms with Crippen molar-refractivity contribution in [2.75, 3.05) is 55.6 Å². The second-order valence-electron chi connectivity index (χ2n) is 9.03. The molecule has 3 amide bonds. The third-order valence-electron chi connectivity index (χ3n) is 6.87. The van der Waals surface area contributed by atoms with Gasteiger partial charge in [0.25, 0.3) is 11.8 Å². The van der Waals surface area contributed by atoms with Gasteiger partial charge in [-0.25, -0.2) is 0 Å². The molecule has 0 bridgehead atoms. The van der Waals surface area contributed by atoms with Crippen molar-refractivity contribution in [2.45, 2.75) is 19.8 Å². The highest BCUT2D eigenvalue weighted by Crippen LogP contribution is 2.24. The van der Waals surface area contributed by atoms with Crippen LogP contribution in [-0.2, 0) is 4.79 Å². The summed E-state index contributed by atoms with van der Waals surface area (Å²) >= 11 is 0. The number of rotatable bonds is 4. The number of fused-ring (bicyclic) bond motifs is 1. The Bertz CT molecular complexity index is 1020. The molecule has 2 saturated heterocycles. The first-order valence-electron chi connectivity index (χ1n) is 11.6. The number of imide groups is 1. The Morgan fingerprint density at radius 1 is 0.818 bits per heavy atom. The molecule has 4 heterocycles. The van der Waals surface area contributed by atoms with Gasteiger partial charge in [0.2, 0.25) is 5.91 Å². The van der Waals surface area contributed by atoms with Crippen LogP contribution < -0.4 is 9.80 Å². The van der Waals surface area contributed by atoms with Crippen molar-refractivity contribution in [3.63, 3.8) is 0 Å². The zero-order valence-corrected chi connectivity index (χ0v) is 18.8. The molecule has 3 aliphatic rings. The third-order valence-corrected chi connectivity index (χ3v) is 6.87. The maximum absolute atomic E-state index is 12.8. The fraction of sp³-hybridized carbons (Fsp3) is 0.458. The van der Waals surface area contributed by atoms with Gasteiger partial charge in [-0.15, -0.1) is 10.2 Å². The number of piperidine rings is 1. The molecule has 0 saturated carbocycles. The quantitative estimate of drug-likeness (QED) is 0.657. The monoisotopic (exact) mass is 448 g/mol. The summed E-state index contributed by atoms with van der Waals surface area (Å²) in [6, 6.07) is 10.7. The molecular weight excluding hydrogens is 420 g/mol. The molecular formula is C24H28N6O3. The predicted molar refractivity (Wildman–Crippen MR) is 123 cm³/mol. The van der Waals surface area contributed by atoms with Crippen LogP contribution in [0, 0.1) is 5.92 Å². The van der Waals surface area contributed by atoms with Crippen LogP contribution in [0.3, 0.4) is 0 Å². The summed E-state index contributed by atoms with van der Waals surface area (Å²) in [5.41, 5.74) is 0.724. The number of carbonyl (C=O) groups excluding carboxylic acids is 3. The van der Waals surface area contributed by atoms with E-state index in [0.29, 0.717) is 37.3 Å². The second-order valence-corrected chi connectivity index (χ2v) is 9.03. The molecule has 0 spiro atoms. The lowest BCUT2D eigenvalue weighted by atomic mass is 9.99. The van der Waals surface area contributed by atoms with E-state index < -0.39 is 11.8 Å². The molecule has 33 heavy (non-hydrogen) atoms. The van der Waals surface area contributed by atoms with Crippen LogP contribution in [0.5, 0.6) is 0 Å². The summed E-state index contributed by atoms with van der Waals surface area (Å²) in [5.74, 6) is 1.47. The van der Waals surface area contributed by atoms with E-state index in [-0.39, 0.29) is 12.5 Å². The fourth-order valence-electron chi connectivity index (χ4n) is 4.70. The van der Waals surface area contributed by atoms with Gasteiger partial charge in [0.1, 0.15) is 6.54 Å². The third kappa shape index (κ3) is 4.15. The zero-order chi connectivity index (χ0) is 22.9. The van der Waals surface area contributed by atoms with E-state index in [0.717, 1.165) is 35.5 Å². The van der Waals surface area contributed by atoms with Crippen LogP contribution in [0.4, 0.5) is 11.6 Å². The molecule has 1 aromatic heterocycles. The number of amides is 3. The summed E-state index contributed by atoms with van der Waals surface area (Å²) < 4.78 is 0. The van der Waals surface area contributed by atoms with Crippen molar-refractivity contribution in [1.82, 2.24) is 20.0 Å². The van der Waals surface area contributed by atoms with Gasteiger partial charge in [-0.3, -0.25) is 19.3 Å². The highest BCUT2D eigenvalue weighted by Gasteiger charge is 2.37. The normalized spacial score (nSPS) is 19.3. The Hall–Kier alpha value is -3.49. The number of piperazine rings is 1. The maximum Gasteiger partial charge on any atom is 0.262 e. The van der Waals surface area contributed by atoms with Gasteiger partial charge in [-0.05, 0) is 43.0 Å². The average molecular weight is 449 g/mol. The van der Waals surface area contributed by atoms with Gasteiger partial charge in [0.15, 0.2) is 11.6 Å². The summed E-state index contributed by atoms with van der Waals surface area (Å²) in [6.07, 6.45) is 2.36. The lowest BCUT2D eigenvalue weighted by Crippen LogP contribution is -2.52. The van der Waals surface area contributed by atoms with Gasteiger partial charge >= 0.3 is 0 Å². The van der Waals surface area contributed by atoms with Crippen molar-refractivity contribution in [3.8, 4) is 0 Å². The molecule has 3 aliphatic heterocycles. The first-order valence-corrected chi connectivity index (χ1v) is 11.6. The standard InChI is InChI=1S/C24H28N6O3/c1-17-8-10-27(11-9-17)20-6-7-21(26-25-20)28-12-14-29(15-13-28)22(31)16-30-23(32)18-4-2-3-5-19(18)24(30)33/h2-7,17H,8-16H2,1H3. The van der Waals surface area contributed by atoms with E-state index in [9.17, 15) is 14.4 Å². The molecule has 5 rings (SSSR count). The molecule has 0 aliphatic carbocycles. The highest BCUT2D eigenvalue weighted by atomic mass is 16.2. The van der Waals surface area contributed by atoms with Crippen LogP contribution in [0.25, 0.3) is 0 Å². The summed E-state index contributed by atoms with van der Waals surface area (Å²) in [6.45, 7) is 6.37. The van der Waals surface area contributed by atoms with E-state index >= 15 is 0 Å². The fourth-order valence-corrected chi connectivity index (χ4v) is 4.70. The van der Waals surface area contributed by atoms with Gasteiger partial charge < -0.3 is 14.7 Å². The summed E-state index contributed by atoms with van der Waals surface area (Å²) in [7, 11) is 0. The van der Waals surface area contributed by atoms with E-state index in [1.165, 1.54) is 12.8 Å². The van der Waals surface area contributed by atoms with Crippen LogP contribution in [0.2, 0.25) is 0 Å². The Balaban J connectivity index is 1.15. The van der Waals surface area contributed by atoms with E-state index in [4.69, 9.17) is 0 Å². The van der Waals surface area contributed by atoms with Gasteiger partial charge in [0, 0.05) is 39.3 Å². The number of carbonyl (C=O) groups is 3. The summed E-state index contributed by atoms with van der Waals surface area (Å²) in [5, 5.41) is 8.86. The first kappa shape index (κ1) is 21.4. The van der Waals surface area contributed by atoms with Crippen molar-refractivity contribution in [3.05, 3.63) is 47.5 Å². The number of aromatic nitrogens is 2. The molecule has 0 unspecified atom stereocenters. The first-order chi connectivity index (χ1) is 16.0. The van der Waals surface area contributed by atoms with Gasteiger partial charge in [-0.1, -0.05) is 19.1 Å². The molecule has 0 radical (unpaired) electrons. The van der Waals surface area contributed by atoms with Crippen LogP contribution >= 0.6 is 0 Å². The van der Waals surface area contributed by atoms with Gasteiger partial charge in [-0.2, -0.15) is 0 Å². The molecule has 2 fully saturated rings. The Morgan fingerprint density at radius 2 is 1.33 bits per heavy atom. The van der Waals surface area contributed by atoms with Crippen LogP contribution in [0.1, 0.15) is 40.5 Å². The smallest absolute Gasteiger partial charge is 0.262 e. The SMILES string of the molecule is CC1CCN(c2ccc(N3CCN(C(=O)CN4C(=O)c5ccccc5C4=O)CC3)nn2)CC1. The number of benzene rings is 1. The largest absolute Gasteiger partial charge is 0.355 e. The summed E-state index contributed by atoms with van der Waals surface area (Å²) in [4.78, 5) is 45.0. The van der Waals surface area contributed by atoms with E-state index in [2.05, 4.69) is 26.9 Å². The van der Waals surface area contributed by atoms with E-state index in [1.807, 2.05) is 12.1 Å². The molecule has 0 atom stereocenters. The zero-order valence-electron chi connectivity index (χ0n) is 18.8. The minimum atomic E-state index is -0.402. The van der Waals surface area contributed by atoms with Crippen LogP contribution in [0.15, 0.2) is 36.4 Å². The Morgan fingerprint density at radius 3 is 1.85 bits per heavy atom. The Kier molecular flexibility index (Phi) is 5.70. The number of hydrogen-bond acceptors (Lipinski definition) is 7. The Labute approximate surface area is 193 Å². The minimum absolute atomic E-state index is 0.218. The lowest BCUT2D eigenvalue weighted by molar-refractivity contribution is -0.131. The molecule has 0 N–H and O–H groups in total. The number of nitrogens with zero attached hydrogens (tertiary/aromatic N) is 6.